The van der Waals surface area contributed by atoms with Crippen LogP contribution in [0.5, 0.6) is 5.88 Å². The minimum atomic E-state index is -0.716. The van der Waals surface area contributed by atoms with Crippen molar-refractivity contribution < 1.29 is 28.0 Å². The van der Waals surface area contributed by atoms with Crippen LogP contribution in [0.1, 0.15) is 23.0 Å². The maximum absolute atomic E-state index is 14.1. The van der Waals surface area contributed by atoms with Crippen molar-refractivity contribution >= 4 is 36.0 Å². The summed E-state index contributed by atoms with van der Waals surface area (Å²) in [5, 5.41) is 3.17. The largest absolute Gasteiger partial charge is 0.469 e. The van der Waals surface area contributed by atoms with Gasteiger partial charge in [-0.1, -0.05) is 60.7 Å². The number of nitrogens with zero attached hydrogens (tertiary/aromatic N) is 2. The molecule has 1 unspecified atom stereocenters. The van der Waals surface area contributed by atoms with Crippen LogP contribution in [0, 0.1) is 12.7 Å². The first-order chi connectivity index (χ1) is 17.0. The topological polar surface area (TPSA) is 108 Å². The normalized spacial score (nSPS) is 18.9. The van der Waals surface area contributed by atoms with Crippen molar-refractivity contribution in [2.24, 2.45) is 5.73 Å². The smallest absolute Gasteiger partial charge is 0.356 e. The molecule has 2 aliphatic rings. The number of nitrogens with two attached hydrogens (primary N) is 1. The van der Waals surface area contributed by atoms with Crippen molar-refractivity contribution in [3.05, 3.63) is 94.6 Å². The molecule has 11 heteroatoms. The van der Waals surface area contributed by atoms with Crippen molar-refractivity contribution in [3.63, 3.8) is 0 Å². The Hall–Kier alpha value is -3.34. The molecule has 2 aliphatic heterocycles. The number of fused-ring (bicyclic) bond motifs is 1. The monoisotopic (exact) mass is 531 g/mol. The first kappa shape index (κ1) is 25.7. The highest BCUT2D eigenvalue weighted by atomic mass is 35.5. The van der Waals surface area contributed by atoms with Crippen LogP contribution >= 0.6 is 24.2 Å². The molecule has 1 saturated heterocycles. The van der Waals surface area contributed by atoms with E-state index in [4.69, 9.17) is 19.7 Å². The lowest BCUT2D eigenvalue weighted by Crippen LogP contribution is -2.68. The number of β-lactam (4-membered cyclic amide) rings is 1. The van der Waals surface area contributed by atoms with E-state index in [1.54, 1.807) is 0 Å². The number of ether oxygens (including phenoxy) is 2. The number of amides is 1. The van der Waals surface area contributed by atoms with Crippen LogP contribution in [0.25, 0.3) is 0 Å². The first-order valence-electron chi connectivity index (χ1n) is 10.9. The lowest BCUT2D eigenvalue weighted by Gasteiger charge is -2.48. The molecule has 188 valence electrons. The van der Waals surface area contributed by atoms with Crippen LogP contribution in [0.3, 0.4) is 0 Å². The van der Waals surface area contributed by atoms with Crippen molar-refractivity contribution in [3.8, 4) is 5.88 Å². The molecule has 3 aromatic rings. The van der Waals surface area contributed by atoms with Crippen LogP contribution < -0.4 is 10.5 Å². The summed E-state index contributed by atoms with van der Waals surface area (Å²) >= 11 is 1.41. The fourth-order valence-electron chi connectivity index (χ4n) is 4.01. The van der Waals surface area contributed by atoms with E-state index in [1.807, 2.05) is 60.7 Å². The molecule has 0 spiro atoms. The van der Waals surface area contributed by atoms with Crippen LogP contribution in [0.4, 0.5) is 4.39 Å². The Labute approximate surface area is 217 Å². The lowest BCUT2D eigenvalue weighted by molar-refractivity contribution is -0.153. The molecule has 1 aromatic heterocycles. The Morgan fingerprint density at radius 2 is 1.81 bits per heavy atom. The fraction of sp³-hybridized carbons (Fsp3) is 0.240. The Morgan fingerprint density at radius 3 is 2.36 bits per heavy atom. The average molecular weight is 532 g/mol. The molecular weight excluding hydrogens is 509 g/mol. The summed E-state index contributed by atoms with van der Waals surface area (Å²) in [6, 6.07) is 17.9. The summed E-state index contributed by atoms with van der Waals surface area (Å²) < 4.78 is 30.4. The molecule has 0 bridgehead atoms. The van der Waals surface area contributed by atoms with Gasteiger partial charge in [0.2, 0.25) is 11.7 Å². The zero-order valence-corrected chi connectivity index (χ0v) is 20.8. The number of halogens is 2. The summed E-state index contributed by atoms with van der Waals surface area (Å²) in [6.07, 6.45) is -0.701. The van der Waals surface area contributed by atoms with Gasteiger partial charge < -0.3 is 19.7 Å². The van der Waals surface area contributed by atoms with E-state index in [1.165, 1.54) is 23.6 Å². The second kappa shape index (κ2) is 10.7. The molecule has 0 radical (unpaired) electrons. The van der Waals surface area contributed by atoms with Crippen molar-refractivity contribution in [1.82, 2.24) is 10.1 Å². The van der Waals surface area contributed by atoms with Gasteiger partial charge in [0, 0.05) is 11.3 Å². The van der Waals surface area contributed by atoms with E-state index in [9.17, 15) is 14.0 Å². The molecule has 1 amide bonds. The van der Waals surface area contributed by atoms with Crippen LogP contribution in [-0.4, -0.2) is 45.7 Å². The highest BCUT2D eigenvalue weighted by Crippen LogP contribution is 2.41. The van der Waals surface area contributed by atoms with E-state index < -0.39 is 23.9 Å². The average Bonchev–Trinajstić information content (AvgIpc) is 3.22. The number of benzene rings is 2. The molecule has 0 saturated carbocycles. The number of aryl methyl sites for hydroxylation is 1. The van der Waals surface area contributed by atoms with Crippen molar-refractivity contribution in [2.45, 2.75) is 24.4 Å². The number of aromatic nitrogens is 1. The highest BCUT2D eigenvalue weighted by Gasteiger charge is 2.52. The second-order valence-corrected chi connectivity index (χ2v) is 9.25. The standard InChI is InChI=1S/C25H22FN3O5S.ClH/c1-14-18(26)22(28-34-14)32-12-17-13-35-24-19(27)23(30)29(24)20(17)25(31)33-21(15-8-4-2-5-9-15)16-10-6-3-7-11-16;/h2-11,19,21,24H,12-13,27H2,1H3;1H/t19?,24-;/m1./s1. The highest BCUT2D eigenvalue weighted by molar-refractivity contribution is 8.00. The maximum Gasteiger partial charge on any atom is 0.356 e. The number of rotatable bonds is 7. The van der Waals surface area contributed by atoms with Gasteiger partial charge in [-0.2, -0.15) is 4.39 Å². The molecule has 3 heterocycles. The SMILES string of the molecule is Cc1onc(OCC2=C(C(=O)OC(c3ccccc3)c3ccccc3)N3C(=O)C(N)[C@H]3SC2)c1F.Cl. The van der Waals surface area contributed by atoms with E-state index in [2.05, 4.69) is 5.16 Å². The van der Waals surface area contributed by atoms with Crippen LogP contribution in [0.15, 0.2) is 76.5 Å². The third kappa shape index (κ3) is 4.71. The van der Waals surface area contributed by atoms with Gasteiger partial charge in [-0.3, -0.25) is 9.69 Å². The number of hydrogen-bond donors (Lipinski definition) is 1. The predicted octanol–water partition coefficient (Wildman–Crippen LogP) is 3.75. The van der Waals surface area contributed by atoms with Crippen molar-refractivity contribution in [2.75, 3.05) is 12.4 Å². The van der Waals surface area contributed by atoms with Crippen molar-refractivity contribution in [1.29, 1.82) is 0 Å². The lowest BCUT2D eigenvalue weighted by atomic mass is 10.0. The molecule has 5 rings (SSSR count). The number of carbonyl (C=O) groups excluding carboxylic acids is 2. The summed E-state index contributed by atoms with van der Waals surface area (Å²) in [5.41, 5.74) is 8.06. The molecular formula is C25H23ClFN3O5S. The van der Waals surface area contributed by atoms with Gasteiger partial charge in [0.15, 0.2) is 11.9 Å². The number of esters is 1. The van der Waals surface area contributed by atoms with Gasteiger partial charge >= 0.3 is 5.97 Å². The van der Waals surface area contributed by atoms with Gasteiger partial charge in [0.05, 0.1) is 0 Å². The zero-order chi connectivity index (χ0) is 24.5. The molecule has 2 aromatic carbocycles. The molecule has 8 nitrogen and oxygen atoms in total. The predicted molar refractivity (Wildman–Crippen MR) is 133 cm³/mol. The quantitative estimate of drug-likeness (QED) is 0.363. The van der Waals surface area contributed by atoms with E-state index >= 15 is 0 Å². The number of carbonyl (C=O) groups is 2. The summed E-state index contributed by atoms with van der Waals surface area (Å²) in [6.45, 7) is 1.25. The minimum Gasteiger partial charge on any atom is -0.469 e. The van der Waals surface area contributed by atoms with Crippen LogP contribution in [0.2, 0.25) is 0 Å². The Kier molecular flexibility index (Phi) is 7.67. The Balaban J connectivity index is 0.00000304. The Morgan fingerprint density at radius 1 is 1.19 bits per heavy atom. The molecule has 1 fully saturated rings. The third-order valence-electron chi connectivity index (χ3n) is 5.86. The van der Waals surface area contributed by atoms with E-state index in [0.29, 0.717) is 11.3 Å². The van der Waals surface area contributed by atoms with Gasteiger partial charge in [0.1, 0.15) is 23.7 Å². The zero-order valence-electron chi connectivity index (χ0n) is 19.1. The van der Waals surface area contributed by atoms with E-state index in [0.717, 1.165) is 11.1 Å². The molecule has 36 heavy (non-hydrogen) atoms. The Bertz CT molecular complexity index is 1250. The van der Waals surface area contributed by atoms with Gasteiger partial charge in [-0.05, 0) is 23.2 Å². The van der Waals surface area contributed by atoms with Gasteiger partial charge in [-0.15, -0.1) is 24.2 Å². The molecule has 0 aliphatic carbocycles. The summed E-state index contributed by atoms with van der Waals surface area (Å²) in [5.74, 6) is -1.76. The van der Waals surface area contributed by atoms with Gasteiger partial charge in [-0.25, -0.2) is 4.79 Å². The number of hydrogen-bond acceptors (Lipinski definition) is 8. The maximum atomic E-state index is 14.1. The number of thioether (sulfide) groups is 1. The minimum absolute atomic E-state index is 0. The molecule has 2 N–H and O–H groups in total. The van der Waals surface area contributed by atoms with E-state index in [-0.39, 0.29) is 47.6 Å². The fourth-order valence-corrected chi connectivity index (χ4v) is 5.29. The summed E-state index contributed by atoms with van der Waals surface area (Å²) in [7, 11) is 0. The second-order valence-electron chi connectivity index (χ2n) is 8.14. The molecule has 2 atom stereocenters. The van der Waals surface area contributed by atoms with Gasteiger partial charge in [0.25, 0.3) is 5.88 Å². The first-order valence-corrected chi connectivity index (χ1v) is 12.0. The summed E-state index contributed by atoms with van der Waals surface area (Å²) in [4.78, 5) is 27.6. The third-order valence-corrected chi connectivity index (χ3v) is 7.22. The van der Waals surface area contributed by atoms with Crippen LogP contribution in [-0.2, 0) is 14.3 Å².